The number of aromatic amines is 1. The fourth-order valence-electron chi connectivity index (χ4n) is 3.43. The molecule has 0 saturated heterocycles. The molecule has 2 aromatic heterocycles. The topological polar surface area (TPSA) is 82.7 Å². The molecule has 0 saturated carbocycles. The highest BCUT2D eigenvalue weighted by Crippen LogP contribution is 2.18. The van der Waals surface area contributed by atoms with Crippen LogP contribution in [0.3, 0.4) is 0 Å². The second-order valence-electron chi connectivity index (χ2n) is 7.17. The van der Waals surface area contributed by atoms with Crippen molar-refractivity contribution in [2.45, 2.75) is 19.3 Å². The minimum atomic E-state index is -0.194. The second kappa shape index (κ2) is 9.69. The zero-order valence-electron chi connectivity index (χ0n) is 16.8. The Morgan fingerprint density at radius 1 is 0.900 bits per heavy atom. The van der Waals surface area contributed by atoms with E-state index in [1.165, 1.54) is 22.7 Å². The van der Waals surface area contributed by atoms with Crippen molar-refractivity contribution < 1.29 is 4.79 Å². The Hall–Kier alpha value is -3.67. The molecule has 0 unspecified atom stereocenters. The summed E-state index contributed by atoms with van der Waals surface area (Å²) in [7, 11) is 0. The van der Waals surface area contributed by atoms with Crippen molar-refractivity contribution in [2.24, 2.45) is 0 Å². The van der Waals surface area contributed by atoms with Crippen molar-refractivity contribution in [3.63, 3.8) is 0 Å². The summed E-state index contributed by atoms with van der Waals surface area (Å²) in [5.74, 6) is 0.469. The number of carbonyl (C=O) groups is 1. The summed E-state index contributed by atoms with van der Waals surface area (Å²) in [5.41, 5.74) is 4.01. The highest BCUT2D eigenvalue weighted by atomic mass is 16.1. The number of rotatable bonds is 9. The Kier molecular flexibility index (Phi) is 6.35. The van der Waals surface area contributed by atoms with Gasteiger partial charge in [0.1, 0.15) is 11.5 Å². The summed E-state index contributed by atoms with van der Waals surface area (Å²) >= 11 is 0. The molecule has 0 atom stereocenters. The number of benzene rings is 2. The standard InChI is InChI=1S/C24H25N5O/c30-24(26-13-6-9-18-7-2-1-3-8-18)22-16-29-23(17-28-22)25-14-12-19-15-27-21-11-5-4-10-20(19)21/h1-5,7-8,10-11,15-17,27H,6,9,12-14H2,(H,25,29)(H,26,30). The first kappa shape index (κ1) is 19.6. The van der Waals surface area contributed by atoms with Gasteiger partial charge in [-0.1, -0.05) is 48.5 Å². The fraction of sp³-hybridized carbons (Fsp3) is 0.208. The maximum atomic E-state index is 12.2. The van der Waals surface area contributed by atoms with Gasteiger partial charge in [0.05, 0.1) is 12.4 Å². The maximum absolute atomic E-state index is 12.2. The molecule has 2 heterocycles. The molecule has 3 N–H and O–H groups in total. The Labute approximate surface area is 175 Å². The van der Waals surface area contributed by atoms with Crippen molar-refractivity contribution in [2.75, 3.05) is 18.4 Å². The fourth-order valence-corrected chi connectivity index (χ4v) is 3.43. The second-order valence-corrected chi connectivity index (χ2v) is 7.17. The molecule has 1 amide bonds. The van der Waals surface area contributed by atoms with Crippen molar-refractivity contribution >= 4 is 22.6 Å². The normalized spacial score (nSPS) is 10.8. The van der Waals surface area contributed by atoms with E-state index in [4.69, 9.17) is 0 Å². The maximum Gasteiger partial charge on any atom is 0.271 e. The van der Waals surface area contributed by atoms with E-state index in [1.54, 1.807) is 6.20 Å². The van der Waals surface area contributed by atoms with Gasteiger partial charge in [-0.25, -0.2) is 9.97 Å². The molecule has 0 spiro atoms. The van der Waals surface area contributed by atoms with Crippen molar-refractivity contribution in [1.82, 2.24) is 20.3 Å². The molecule has 0 aliphatic rings. The molecule has 152 valence electrons. The number of aromatic nitrogens is 3. The number of hydrogen-bond donors (Lipinski definition) is 3. The zero-order chi connectivity index (χ0) is 20.6. The first-order chi connectivity index (χ1) is 14.8. The number of para-hydroxylation sites is 1. The molecular formula is C24H25N5O. The van der Waals surface area contributed by atoms with Gasteiger partial charge in [-0.05, 0) is 36.5 Å². The van der Waals surface area contributed by atoms with Gasteiger partial charge >= 0.3 is 0 Å². The Morgan fingerprint density at radius 2 is 1.73 bits per heavy atom. The number of aryl methyl sites for hydroxylation is 1. The molecule has 2 aromatic carbocycles. The summed E-state index contributed by atoms with van der Waals surface area (Å²) in [4.78, 5) is 24.1. The largest absolute Gasteiger partial charge is 0.368 e. The Balaban J connectivity index is 1.21. The van der Waals surface area contributed by atoms with Crippen LogP contribution in [0.1, 0.15) is 28.0 Å². The van der Waals surface area contributed by atoms with Crippen molar-refractivity contribution in [3.8, 4) is 0 Å². The molecule has 4 aromatic rings. The number of nitrogens with zero attached hydrogens (tertiary/aromatic N) is 2. The van der Waals surface area contributed by atoms with Crippen LogP contribution in [0.25, 0.3) is 10.9 Å². The minimum Gasteiger partial charge on any atom is -0.368 e. The average Bonchev–Trinajstić information content (AvgIpc) is 3.21. The number of nitrogens with one attached hydrogen (secondary N) is 3. The lowest BCUT2D eigenvalue weighted by atomic mass is 10.1. The van der Waals surface area contributed by atoms with Crippen molar-refractivity contribution in [3.05, 3.63) is 90.0 Å². The Morgan fingerprint density at radius 3 is 2.57 bits per heavy atom. The van der Waals surface area contributed by atoms with Gasteiger partial charge in [0.15, 0.2) is 0 Å². The van der Waals surface area contributed by atoms with E-state index in [0.29, 0.717) is 18.1 Å². The molecule has 0 radical (unpaired) electrons. The van der Waals surface area contributed by atoms with Crippen LogP contribution < -0.4 is 10.6 Å². The predicted molar refractivity (Wildman–Crippen MR) is 120 cm³/mol. The summed E-state index contributed by atoms with van der Waals surface area (Å²) < 4.78 is 0. The van der Waals surface area contributed by atoms with Crippen LogP contribution in [0.4, 0.5) is 5.82 Å². The summed E-state index contributed by atoms with van der Waals surface area (Å²) in [6.45, 7) is 1.35. The van der Waals surface area contributed by atoms with Crippen LogP contribution >= 0.6 is 0 Å². The van der Waals surface area contributed by atoms with E-state index in [1.807, 2.05) is 36.5 Å². The summed E-state index contributed by atoms with van der Waals surface area (Å²) in [6.07, 6.45) is 7.86. The van der Waals surface area contributed by atoms with Crippen LogP contribution in [0, 0.1) is 0 Å². The third-order valence-electron chi connectivity index (χ3n) is 5.03. The third-order valence-corrected chi connectivity index (χ3v) is 5.03. The van der Waals surface area contributed by atoms with E-state index in [-0.39, 0.29) is 5.91 Å². The van der Waals surface area contributed by atoms with Crippen LogP contribution in [0.15, 0.2) is 73.2 Å². The predicted octanol–water partition coefficient (Wildman–Crippen LogP) is 3.98. The van der Waals surface area contributed by atoms with Crippen LogP contribution in [-0.2, 0) is 12.8 Å². The van der Waals surface area contributed by atoms with Crippen LogP contribution in [0.2, 0.25) is 0 Å². The lowest BCUT2D eigenvalue weighted by molar-refractivity contribution is 0.0948. The van der Waals surface area contributed by atoms with Gasteiger partial charge in [-0.2, -0.15) is 0 Å². The van der Waals surface area contributed by atoms with Crippen molar-refractivity contribution in [1.29, 1.82) is 0 Å². The zero-order valence-corrected chi connectivity index (χ0v) is 16.8. The van der Waals surface area contributed by atoms with Gasteiger partial charge in [0.25, 0.3) is 5.91 Å². The Bertz CT molecular complexity index is 1090. The van der Waals surface area contributed by atoms with Crippen LogP contribution in [-0.4, -0.2) is 33.9 Å². The van der Waals surface area contributed by atoms with Crippen LogP contribution in [0.5, 0.6) is 0 Å². The lowest BCUT2D eigenvalue weighted by Crippen LogP contribution is -2.26. The van der Waals surface area contributed by atoms with Gasteiger partial charge in [-0.15, -0.1) is 0 Å². The SMILES string of the molecule is O=C(NCCCc1ccccc1)c1cnc(NCCc2c[nH]c3ccccc23)cn1. The molecule has 0 aliphatic carbocycles. The lowest BCUT2D eigenvalue weighted by Gasteiger charge is -2.07. The quantitative estimate of drug-likeness (QED) is 0.372. The van der Waals surface area contributed by atoms with E-state index in [9.17, 15) is 4.79 Å². The summed E-state index contributed by atoms with van der Waals surface area (Å²) in [5, 5.41) is 7.41. The molecule has 0 bridgehead atoms. The molecule has 4 rings (SSSR count). The van der Waals surface area contributed by atoms with Gasteiger partial charge < -0.3 is 15.6 Å². The number of hydrogen-bond acceptors (Lipinski definition) is 4. The summed E-state index contributed by atoms with van der Waals surface area (Å²) in [6, 6.07) is 18.5. The average molecular weight is 399 g/mol. The molecular weight excluding hydrogens is 374 g/mol. The number of anilines is 1. The van der Waals surface area contributed by atoms with Gasteiger partial charge in [0, 0.05) is 30.2 Å². The smallest absolute Gasteiger partial charge is 0.271 e. The number of fused-ring (bicyclic) bond motifs is 1. The molecule has 6 heteroatoms. The molecule has 6 nitrogen and oxygen atoms in total. The van der Waals surface area contributed by atoms with Gasteiger partial charge in [-0.3, -0.25) is 4.79 Å². The van der Waals surface area contributed by atoms with Gasteiger partial charge in [0.2, 0.25) is 0 Å². The molecule has 30 heavy (non-hydrogen) atoms. The highest BCUT2D eigenvalue weighted by Gasteiger charge is 2.08. The first-order valence-corrected chi connectivity index (χ1v) is 10.2. The molecule has 0 aliphatic heterocycles. The molecule has 0 fully saturated rings. The third kappa shape index (κ3) is 5.03. The highest BCUT2D eigenvalue weighted by molar-refractivity contribution is 5.92. The number of amides is 1. The number of carbonyl (C=O) groups excluding carboxylic acids is 1. The van der Waals surface area contributed by atoms with E-state index < -0.39 is 0 Å². The van der Waals surface area contributed by atoms with E-state index in [0.717, 1.165) is 31.3 Å². The first-order valence-electron chi connectivity index (χ1n) is 10.2. The van der Waals surface area contributed by atoms with E-state index in [2.05, 4.69) is 49.9 Å². The monoisotopic (exact) mass is 399 g/mol. The van der Waals surface area contributed by atoms with E-state index >= 15 is 0 Å². The number of H-pyrrole nitrogens is 1. The minimum absolute atomic E-state index is 0.194.